The summed E-state index contributed by atoms with van der Waals surface area (Å²) in [5.41, 5.74) is 41.7. The van der Waals surface area contributed by atoms with Gasteiger partial charge in [-0.3, -0.25) is 0 Å². The maximum Gasteiger partial charge on any atom is 0.143 e. The molecule has 10 heteroatoms. The van der Waals surface area contributed by atoms with Gasteiger partial charge in [-0.05, 0) is 222 Å². The summed E-state index contributed by atoms with van der Waals surface area (Å²) >= 11 is 0. The second-order valence-electron chi connectivity index (χ2n) is 37.7. The van der Waals surface area contributed by atoms with E-state index in [0.717, 1.165) is 287 Å². The quantitative estimate of drug-likeness (QED) is 0.164. The molecule has 30 aromatic rings. The van der Waals surface area contributed by atoms with E-state index in [1.54, 1.807) is 0 Å². The summed E-state index contributed by atoms with van der Waals surface area (Å²) in [6.45, 7) is 21.0. The van der Waals surface area contributed by atoms with Crippen LogP contribution in [0, 0.1) is 69.2 Å². The maximum absolute atomic E-state index is 6.37. The molecule has 0 aliphatic heterocycles. The molecule has 0 unspecified atom stereocenters. The molecule has 10 heterocycles. The van der Waals surface area contributed by atoms with Crippen LogP contribution in [0.3, 0.4) is 0 Å². The summed E-state index contributed by atoms with van der Waals surface area (Å²) in [6.07, 6.45) is 0. The minimum absolute atomic E-state index is 0.913. The zero-order valence-corrected chi connectivity index (χ0v) is 78.7. The molecule has 0 spiro atoms. The van der Waals surface area contributed by atoms with Gasteiger partial charge in [-0.25, -0.2) is 0 Å². The lowest BCUT2D eigenvalue weighted by Crippen LogP contribution is -1.80. The third-order valence-electron chi connectivity index (χ3n) is 28.4. The smallest absolute Gasteiger partial charge is 0.143 e. The third kappa shape index (κ3) is 13.7. The van der Waals surface area contributed by atoms with E-state index in [9.17, 15) is 0 Å². The standard InChI is InChI=1S/5C26H18O2/c1-15-7-3-9-17-19-11-5-13-21(25(19)27-23(15)17)22-14-6-12-20-18-10-4-8-16(2)24(18)28-26(20)22;1-15-6-4-10-21-22-14-17(12-13-23(22)27-24(15)21)18-8-5-11-20-19-9-3-7-16(2)25(19)28-26(18)20;1-15-9-11-23-21(13-15)20-8-4-6-18(26(20)28-23)17-10-12-24-22(14-17)19-7-3-5-16(2)25(19)27-24;1-15-9-11-23-21(13-15)22-14-17(10-12-24(22)27-23)18-6-4-8-20-19-7-3-5-16(2)25(19)28-26(18)20;1-15-7-10-25-20(12-15)19-5-3-4-18(26(19)28-25)17-8-11-24-22(14-17)21-13-16(2)6-9-23(21)27-24/h5*3-14H,1-2H3. The predicted molar refractivity (Wildman–Crippen MR) is 580 cm³/mol. The Morgan fingerprint density at radius 2 is 0.271 bits per heavy atom. The zero-order valence-electron chi connectivity index (χ0n) is 78.7. The molecule has 10 aromatic heterocycles. The van der Waals surface area contributed by atoms with Crippen molar-refractivity contribution in [3.8, 4) is 55.6 Å². The molecule has 0 aliphatic carbocycles. The number of aryl methyl sites for hydroxylation is 10. The van der Waals surface area contributed by atoms with E-state index in [-0.39, 0.29) is 0 Å². The highest BCUT2D eigenvalue weighted by Crippen LogP contribution is 2.49. The Hall–Kier alpha value is -17.6. The molecular weight excluding hydrogens is 1720 g/mol. The van der Waals surface area contributed by atoms with E-state index in [1.807, 2.05) is 12.1 Å². The zero-order chi connectivity index (χ0) is 94.1. The van der Waals surface area contributed by atoms with Gasteiger partial charge < -0.3 is 44.2 Å². The minimum Gasteiger partial charge on any atom is -0.456 e. The first-order valence-corrected chi connectivity index (χ1v) is 47.7. The fraction of sp³-hybridized carbons (Fsp3) is 0.0769. The van der Waals surface area contributed by atoms with Crippen LogP contribution in [0.1, 0.15) is 55.6 Å². The number of rotatable bonds is 5. The topological polar surface area (TPSA) is 131 Å². The van der Waals surface area contributed by atoms with E-state index in [2.05, 4.69) is 421 Å². The van der Waals surface area contributed by atoms with Gasteiger partial charge in [-0.15, -0.1) is 0 Å². The van der Waals surface area contributed by atoms with Crippen LogP contribution in [0.2, 0.25) is 0 Å². The number of para-hydroxylation sites is 12. The van der Waals surface area contributed by atoms with Crippen molar-refractivity contribution < 1.29 is 44.2 Å². The van der Waals surface area contributed by atoms with Gasteiger partial charge in [-0.2, -0.15) is 0 Å². The summed E-state index contributed by atoms with van der Waals surface area (Å²) in [7, 11) is 0. The van der Waals surface area contributed by atoms with Crippen LogP contribution in [-0.2, 0) is 0 Å². The number of hydrogen-bond donors (Lipinski definition) is 0. The molecule has 0 N–H and O–H groups in total. The molecule has 10 nitrogen and oxygen atoms in total. The lowest BCUT2D eigenvalue weighted by atomic mass is 9.99. The molecule has 20 aromatic carbocycles. The van der Waals surface area contributed by atoms with Crippen molar-refractivity contribution in [2.75, 3.05) is 0 Å². The lowest BCUT2D eigenvalue weighted by Gasteiger charge is -2.03. The summed E-state index contributed by atoms with van der Waals surface area (Å²) in [4.78, 5) is 0. The average Bonchev–Trinajstić information content (AvgIpc) is 1.59. The first kappa shape index (κ1) is 83.0. The Bertz CT molecular complexity index is 9960. The Kier molecular flexibility index (Phi) is 19.3. The van der Waals surface area contributed by atoms with Gasteiger partial charge in [0.2, 0.25) is 0 Å². The van der Waals surface area contributed by atoms with Crippen molar-refractivity contribution >= 4 is 219 Å². The van der Waals surface area contributed by atoms with Gasteiger partial charge in [0.15, 0.2) is 0 Å². The van der Waals surface area contributed by atoms with Crippen molar-refractivity contribution in [3.05, 3.63) is 420 Å². The Balaban J connectivity index is 0.0000000900. The van der Waals surface area contributed by atoms with Crippen molar-refractivity contribution in [1.29, 1.82) is 0 Å². The number of furan rings is 10. The van der Waals surface area contributed by atoms with Gasteiger partial charge in [0.25, 0.3) is 0 Å². The summed E-state index contributed by atoms with van der Waals surface area (Å²) in [5.74, 6) is 0. The average molecular weight is 1810 g/mol. The first-order chi connectivity index (χ1) is 68.5. The predicted octanol–water partition coefficient (Wildman–Crippen LogP) is 38.8. The van der Waals surface area contributed by atoms with Gasteiger partial charge in [0, 0.05) is 141 Å². The molecule has 0 radical (unpaired) electrons. The van der Waals surface area contributed by atoms with E-state index < -0.39 is 0 Å². The molecule has 0 saturated carbocycles. The van der Waals surface area contributed by atoms with Gasteiger partial charge in [-0.1, -0.05) is 289 Å². The largest absolute Gasteiger partial charge is 0.456 e. The Labute approximate surface area is 802 Å². The highest BCUT2D eigenvalue weighted by Gasteiger charge is 2.25. The van der Waals surface area contributed by atoms with Crippen LogP contribution < -0.4 is 0 Å². The lowest BCUT2D eigenvalue weighted by molar-refractivity contribution is 0.662. The highest BCUT2D eigenvalue weighted by atomic mass is 16.4. The van der Waals surface area contributed by atoms with Crippen LogP contribution in [-0.4, -0.2) is 0 Å². The van der Waals surface area contributed by atoms with E-state index >= 15 is 0 Å². The Morgan fingerprint density at radius 3 is 0.529 bits per heavy atom. The summed E-state index contributed by atoms with van der Waals surface area (Å²) in [5, 5.41) is 23.1. The van der Waals surface area contributed by atoms with Gasteiger partial charge >= 0.3 is 0 Å². The van der Waals surface area contributed by atoms with Crippen LogP contribution in [0.4, 0.5) is 0 Å². The van der Waals surface area contributed by atoms with Crippen LogP contribution in [0.15, 0.2) is 408 Å². The molecule has 30 rings (SSSR count). The SMILES string of the molecule is Cc1ccc2oc3c(-c4ccc5oc6c(C)cccc6c5c4)cccc3c2c1.Cc1ccc2oc3ccc(-c4cccc5c4oc4c(C)cccc45)cc3c2c1.Cc1ccc2oc3ccc(-c4cccc5c4oc4ccc(C)cc45)cc3c2c1.Cc1cccc2c1oc1c(-c3cccc4c3oc3c(C)cccc34)cccc12.Cc1cccc2c1oc1ccc(-c3cccc4c3oc3c(C)cccc34)cc12. The van der Waals surface area contributed by atoms with E-state index in [0.29, 0.717) is 0 Å². The normalized spacial score (nSPS) is 11.9. The molecule has 0 saturated heterocycles. The molecule has 0 amide bonds. The maximum atomic E-state index is 6.37. The summed E-state index contributed by atoms with van der Waals surface area (Å²) < 4.78 is 62.2. The number of benzene rings is 20. The number of hydrogen-bond acceptors (Lipinski definition) is 10. The van der Waals surface area contributed by atoms with Crippen LogP contribution in [0.5, 0.6) is 0 Å². The highest BCUT2D eigenvalue weighted by molar-refractivity contribution is 6.20. The summed E-state index contributed by atoms with van der Waals surface area (Å²) in [6, 6.07) is 127. The molecular formula is C130H90O10. The van der Waals surface area contributed by atoms with Crippen LogP contribution in [0.25, 0.3) is 275 Å². The molecule has 140 heavy (non-hydrogen) atoms. The first-order valence-electron chi connectivity index (χ1n) is 47.7. The second-order valence-corrected chi connectivity index (χ2v) is 37.7. The van der Waals surface area contributed by atoms with Crippen LogP contribution >= 0.6 is 0 Å². The Morgan fingerprint density at radius 1 is 0.114 bits per heavy atom. The van der Waals surface area contributed by atoms with Crippen molar-refractivity contribution in [3.63, 3.8) is 0 Å². The monoisotopic (exact) mass is 1810 g/mol. The molecule has 0 atom stereocenters. The van der Waals surface area contributed by atoms with E-state index in [1.165, 1.54) is 43.8 Å². The molecule has 0 aliphatic rings. The van der Waals surface area contributed by atoms with Gasteiger partial charge in [0.1, 0.15) is 112 Å². The minimum atomic E-state index is 0.913. The van der Waals surface area contributed by atoms with E-state index in [4.69, 9.17) is 44.2 Å². The number of fused-ring (bicyclic) bond motifs is 30. The molecule has 0 bridgehead atoms. The fourth-order valence-electron chi connectivity index (χ4n) is 21.3. The fourth-order valence-corrected chi connectivity index (χ4v) is 21.3. The van der Waals surface area contributed by atoms with Crippen molar-refractivity contribution in [2.24, 2.45) is 0 Å². The second kappa shape index (κ2) is 32.6. The molecule has 670 valence electrons. The van der Waals surface area contributed by atoms with Crippen molar-refractivity contribution in [2.45, 2.75) is 69.2 Å². The third-order valence-corrected chi connectivity index (χ3v) is 28.4. The van der Waals surface area contributed by atoms with Gasteiger partial charge in [0.05, 0.1) is 0 Å². The van der Waals surface area contributed by atoms with Crippen molar-refractivity contribution in [1.82, 2.24) is 0 Å². The molecule has 0 fully saturated rings.